The third-order valence-corrected chi connectivity index (χ3v) is 7.89. The van der Waals surface area contributed by atoms with Crippen molar-refractivity contribution in [1.82, 2.24) is 0 Å². The molecule has 2 aromatic heterocycles. The number of esters is 1. The van der Waals surface area contributed by atoms with Crippen LogP contribution in [0.5, 0.6) is 0 Å². The second kappa shape index (κ2) is 11.1. The molecule has 0 bridgehead atoms. The summed E-state index contributed by atoms with van der Waals surface area (Å²) in [5.74, 6) is -0.930. The zero-order valence-corrected chi connectivity index (χ0v) is 22.5. The highest BCUT2D eigenvalue weighted by Crippen LogP contribution is 2.37. The van der Waals surface area contributed by atoms with Crippen molar-refractivity contribution in [3.63, 3.8) is 0 Å². The van der Waals surface area contributed by atoms with Gasteiger partial charge in [0.15, 0.2) is 0 Å². The normalized spacial score (nSPS) is 12.7. The van der Waals surface area contributed by atoms with E-state index in [2.05, 4.69) is 23.1 Å². The Balaban J connectivity index is 1.67. The standard InChI is InChI=1S/C24H28N2O6S3/c1-24(2,3)32-23(27)18(15-25)12-19-11-16-10-17-13-22(34-21(17)14-20(16)33-19)26(4)6-8-31-7-5-9-35(28,29)30/h10-14H,5-9H2,1-4H3,(H,28,29,30)/b18-12+. The highest BCUT2D eigenvalue weighted by atomic mass is 32.2. The maximum atomic E-state index is 12.3. The molecule has 3 aromatic rings. The number of ether oxygens (including phenoxy) is 2. The van der Waals surface area contributed by atoms with Crippen LogP contribution in [0.25, 0.3) is 26.2 Å². The zero-order valence-electron chi connectivity index (χ0n) is 20.0. The number of thiophene rings is 2. The summed E-state index contributed by atoms with van der Waals surface area (Å²) >= 11 is 3.16. The van der Waals surface area contributed by atoms with Crippen molar-refractivity contribution in [2.24, 2.45) is 0 Å². The molecule has 0 unspecified atom stereocenters. The summed E-state index contributed by atoms with van der Waals surface area (Å²) in [6, 6.07) is 10.2. The van der Waals surface area contributed by atoms with Crippen LogP contribution < -0.4 is 4.90 Å². The lowest BCUT2D eigenvalue weighted by atomic mass is 10.1. The van der Waals surface area contributed by atoms with E-state index in [0.717, 1.165) is 30.1 Å². The van der Waals surface area contributed by atoms with Crippen LogP contribution in [-0.2, 0) is 24.4 Å². The first-order valence-corrected chi connectivity index (χ1v) is 14.2. The molecule has 8 nitrogen and oxygen atoms in total. The maximum Gasteiger partial charge on any atom is 0.349 e. The Labute approximate surface area is 213 Å². The lowest BCUT2D eigenvalue weighted by molar-refractivity contribution is -0.149. The van der Waals surface area contributed by atoms with E-state index < -0.39 is 21.7 Å². The predicted octanol–water partition coefficient (Wildman–Crippen LogP) is 5.10. The zero-order chi connectivity index (χ0) is 25.8. The first kappa shape index (κ1) is 27.1. The molecule has 0 fully saturated rings. The van der Waals surface area contributed by atoms with Gasteiger partial charge < -0.3 is 14.4 Å². The molecule has 0 saturated carbocycles. The van der Waals surface area contributed by atoms with Gasteiger partial charge in [0.2, 0.25) is 0 Å². The first-order valence-electron chi connectivity index (χ1n) is 10.9. The minimum absolute atomic E-state index is 0.0302. The molecule has 2 heterocycles. The molecular formula is C24H28N2O6S3. The average molecular weight is 537 g/mol. The molecule has 0 spiro atoms. The van der Waals surface area contributed by atoms with Crippen LogP contribution in [0.4, 0.5) is 5.00 Å². The summed E-state index contributed by atoms with van der Waals surface area (Å²) < 4.78 is 43.1. The van der Waals surface area contributed by atoms with Gasteiger partial charge in [-0.05, 0) is 68.3 Å². The molecule has 11 heteroatoms. The van der Waals surface area contributed by atoms with Gasteiger partial charge in [0.25, 0.3) is 10.1 Å². The number of anilines is 1. The molecule has 1 N–H and O–H groups in total. The fourth-order valence-electron chi connectivity index (χ4n) is 3.21. The fourth-order valence-corrected chi connectivity index (χ4v) is 5.87. The third kappa shape index (κ3) is 8.02. The van der Waals surface area contributed by atoms with E-state index in [1.54, 1.807) is 38.2 Å². The largest absolute Gasteiger partial charge is 0.456 e. The quantitative estimate of drug-likeness (QED) is 0.125. The summed E-state index contributed by atoms with van der Waals surface area (Å²) in [7, 11) is -1.97. The second-order valence-electron chi connectivity index (χ2n) is 9.01. The van der Waals surface area contributed by atoms with Gasteiger partial charge in [-0.3, -0.25) is 4.55 Å². The van der Waals surface area contributed by atoms with Crippen molar-refractivity contribution in [3.05, 3.63) is 34.7 Å². The van der Waals surface area contributed by atoms with Crippen molar-refractivity contribution in [2.45, 2.75) is 32.8 Å². The van der Waals surface area contributed by atoms with E-state index >= 15 is 0 Å². The van der Waals surface area contributed by atoms with Crippen LogP contribution in [0.15, 0.2) is 29.8 Å². The van der Waals surface area contributed by atoms with Gasteiger partial charge in [-0.25, -0.2) is 4.79 Å². The summed E-state index contributed by atoms with van der Waals surface area (Å²) in [4.78, 5) is 15.2. The number of carbonyl (C=O) groups excluding carboxylic acids is 1. The minimum Gasteiger partial charge on any atom is -0.456 e. The number of likely N-dealkylation sites (N-methyl/N-ethyl adjacent to an activating group) is 1. The number of rotatable bonds is 10. The third-order valence-electron chi connectivity index (χ3n) is 4.83. The number of carbonyl (C=O) groups is 1. The van der Waals surface area contributed by atoms with Gasteiger partial charge in [0, 0.05) is 34.5 Å². The molecule has 0 amide bonds. The number of hydrogen-bond donors (Lipinski definition) is 1. The van der Waals surface area contributed by atoms with Crippen LogP contribution in [0.3, 0.4) is 0 Å². The molecule has 3 rings (SSSR count). The molecular weight excluding hydrogens is 508 g/mol. The SMILES string of the molecule is CN(CCOCCCS(=O)(=O)O)c1cc2cc3cc(/C=C(\C#N)C(=O)OC(C)(C)C)sc3cc2s1. The number of hydrogen-bond acceptors (Lipinski definition) is 9. The number of fused-ring (bicyclic) bond motifs is 2. The maximum absolute atomic E-state index is 12.3. The molecule has 188 valence electrons. The van der Waals surface area contributed by atoms with Gasteiger partial charge in [0.1, 0.15) is 17.2 Å². The molecule has 35 heavy (non-hydrogen) atoms. The van der Waals surface area contributed by atoms with Crippen LogP contribution in [0.1, 0.15) is 32.1 Å². The lowest BCUT2D eigenvalue weighted by Gasteiger charge is -2.18. The van der Waals surface area contributed by atoms with Gasteiger partial charge >= 0.3 is 5.97 Å². The van der Waals surface area contributed by atoms with Gasteiger partial charge in [-0.1, -0.05) is 0 Å². The topological polar surface area (TPSA) is 117 Å². The highest BCUT2D eigenvalue weighted by molar-refractivity contribution is 7.85. The van der Waals surface area contributed by atoms with E-state index in [0.29, 0.717) is 13.2 Å². The van der Waals surface area contributed by atoms with E-state index in [9.17, 15) is 18.5 Å². The molecule has 0 atom stereocenters. The Kier molecular flexibility index (Phi) is 8.56. The van der Waals surface area contributed by atoms with Crippen LogP contribution in [-0.4, -0.2) is 57.1 Å². The van der Waals surface area contributed by atoms with Crippen molar-refractivity contribution >= 4 is 70.0 Å². The van der Waals surface area contributed by atoms with Crippen molar-refractivity contribution in [3.8, 4) is 6.07 Å². The Morgan fingerprint density at radius 3 is 2.49 bits per heavy atom. The second-order valence-corrected chi connectivity index (χ2v) is 12.8. The predicted molar refractivity (Wildman–Crippen MR) is 142 cm³/mol. The highest BCUT2D eigenvalue weighted by Gasteiger charge is 2.20. The van der Waals surface area contributed by atoms with Crippen molar-refractivity contribution < 1.29 is 27.2 Å². The molecule has 0 aliphatic carbocycles. The van der Waals surface area contributed by atoms with E-state index in [1.165, 1.54) is 11.3 Å². The average Bonchev–Trinajstić information content (AvgIpc) is 3.32. The van der Waals surface area contributed by atoms with Gasteiger partial charge in [0.05, 0.1) is 17.4 Å². The van der Waals surface area contributed by atoms with Crippen LogP contribution in [0, 0.1) is 11.3 Å². The van der Waals surface area contributed by atoms with Gasteiger partial charge in [-0.2, -0.15) is 13.7 Å². The Morgan fingerprint density at radius 1 is 1.14 bits per heavy atom. The summed E-state index contributed by atoms with van der Waals surface area (Å²) in [6.45, 7) is 6.65. The smallest absolute Gasteiger partial charge is 0.349 e. The molecule has 0 radical (unpaired) electrons. The molecule has 0 aliphatic rings. The van der Waals surface area contributed by atoms with E-state index in [1.807, 2.05) is 19.2 Å². The van der Waals surface area contributed by atoms with Crippen LogP contribution >= 0.6 is 22.7 Å². The van der Waals surface area contributed by atoms with Crippen LogP contribution in [0.2, 0.25) is 0 Å². The number of benzene rings is 1. The molecule has 0 saturated heterocycles. The first-order chi connectivity index (χ1) is 16.3. The Bertz CT molecular complexity index is 1340. The molecule has 1 aromatic carbocycles. The number of nitriles is 1. The Morgan fingerprint density at radius 2 is 1.83 bits per heavy atom. The summed E-state index contributed by atoms with van der Waals surface area (Å²) in [6.07, 6.45) is 1.83. The lowest BCUT2D eigenvalue weighted by Crippen LogP contribution is -2.24. The van der Waals surface area contributed by atoms with Crippen molar-refractivity contribution in [1.29, 1.82) is 5.26 Å². The van der Waals surface area contributed by atoms with Crippen molar-refractivity contribution in [2.75, 3.05) is 37.5 Å². The van der Waals surface area contributed by atoms with Gasteiger partial charge in [-0.15, -0.1) is 22.7 Å². The van der Waals surface area contributed by atoms with E-state index in [-0.39, 0.29) is 24.4 Å². The Hall–Kier alpha value is -2.49. The summed E-state index contributed by atoms with van der Waals surface area (Å²) in [5.41, 5.74) is -0.699. The monoisotopic (exact) mass is 536 g/mol. The van der Waals surface area contributed by atoms with E-state index in [4.69, 9.17) is 14.0 Å². The molecule has 0 aliphatic heterocycles. The summed E-state index contributed by atoms with van der Waals surface area (Å²) in [5, 5.41) is 12.6. The number of nitrogens with zero attached hydrogens (tertiary/aromatic N) is 2. The minimum atomic E-state index is -3.94. The fraction of sp³-hybridized carbons (Fsp3) is 0.417.